The van der Waals surface area contributed by atoms with Gasteiger partial charge in [-0.2, -0.15) is 5.26 Å². The number of nitrogens with one attached hydrogen (secondary N) is 1. The number of aromatic nitrogens is 1. The highest BCUT2D eigenvalue weighted by Gasteiger charge is 2.26. The van der Waals surface area contributed by atoms with Gasteiger partial charge in [-0.3, -0.25) is 0 Å². The Bertz CT molecular complexity index is 950. The number of anilines is 1. The number of aryl methyl sites for hydroxylation is 1. The van der Waals surface area contributed by atoms with E-state index in [1.165, 1.54) is 12.7 Å². The zero-order valence-electron chi connectivity index (χ0n) is 17.4. The van der Waals surface area contributed by atoms with E-state index in [0.29, 0.717) is 17.4 Å². The van der Waals surface area contributed by atoms with Crippen molar-refractivity contribution in [2.75, 3.05) is 25.9 Å². The fourth-order valence-corrected chi connectivity index (χ4v) is 3.90. The van der Waals surface area contributed by atoms with E-state index in [2.05, 4.69) is 18.3 Å². The van der Waals surface area contributed by atoms with Crippen molar-refractivity contribution in [2.24, 2.45) is 0 Å². The number of benzene rings is 1. The number of nitrogens with zero attached hydrogens (tertiary/aromatic N) is 2. The third-order valence-corrected chi connectivity index (χ3v) is 5.29. The topological polar surface area (TPSA) is 102 Å². The average molecular weight is 396 g/mol. The number of hydrogen-bond donors (Lipinski definition) is 2. The third kappa shape index (κ3) is 4.08. The standard InChI is InChI=1S/C22H28N4O3/c1-13(2)29-19-10-17(15-5-7-25-8-6-15)14(3)9-18(19)26-12-16(11-23)20(24)21(26)22(27)28-4/h9-10,12-13,15,25H,5-8,24H2,1-4H3. The minimum absolute atomic E-state index is 0.0535. The van der Waals surface area contributed by atoms with Crippen molar-refractivity contribution in [3.63, 3.8) is 0 Å². The molecule has 1 aromatic carbocycles. The lowest BCUT2D eigenvalue weighted by Crippen LogP contribution is -2.27. The first kappa shape index (κ1) is 20.7. The molecule has 0 spiro atoms. The molecule has 0 bridgehead atoms. The summed E-state index contributed by atoms with van der Waals surface area (Å²) in [6.45, 7) is 7.98. The molecule has 2 aromatic rings. The summed E-state index contributed by atoms with van der Waals surface area (Å²) >= 11 is 0. The van der Waals surface area contributed by atoms with Gasteiger partial charge in [0.1, 0.15) is 11.8 Å². The van der Waals surface area contributed by atoms with Gasteiger partial charge in [-0.05, 0) is 75.9 Å². The highest BCUT2D eigenvalue weighted by molar-refractivity contribution is 5.96. The van der Waals surface area contributed by atoms with Crippen LogP contribution in [0.25, 0.3) is 5.69 Å². The van der Waals surface area contributed by atoms with Crippen molar-refractivity contribution < 1.29 is 14.3 Å². The van der Waals surface area contributed by atoms with Crippen LogP contribution in [0.15, 0.2) is 18.3 Å². The SMILES string of the molecule is COC(=O)c1c(N)c(C#N)cn1-c1cc(C)c(C2CCNCC2)cc1OC(C)C. The van der Waals surface area contributed by atoms with E-state index in [4.69, 9.17) is 15.2 Å². The Balaban J connectivity index is 2.20. The number of esters is 1. The summed E-state index contributed by atoms with van der Waals surface area (Å²) in [6.07, 6.45) is 3.66. The normalized spacial score (nSPS) is 14.6. The zero-order chi connectivity index (χ0) is 21.1. The molecule has 1 aromatic heterocycles. The van der Waals surface area contributed by atoms with Gasteiger partial charge in [-0.25, -0.2) is 4.79 Å². The van der Waals surface area contributed by atoms with Gasteiger partial charge in [0.2, 0.25) is 0 Å². The van der Waals surface area contributed by atoms with Crippen molar-refractivity contribution in [2.45, 2.75) is 45.6 Å². The van der Waals surface area contributed by atoms with Crippen molar-refractivity contribution in [1.29, 1.82) is 5.26 Å². The molecule has 0 saturated carbocycles. The maximum absolute atomic E-state index is 12.4. The number of nitrogen functional groups attached to an aromatic ring is 1. The molecule has 1 saturated heterocycles. The first-order chi connectivity index (χ1) is 13.9. The number of carbonyl (C=O) groups excluding carboxylic acids is 1. The first-order valence-corrected chi connectivity index (χ1v) is 9.88. The summed E-state index contributed by atoms with van der Waals surface area (Å²) in [5.41, 5.74) is 9.57. The number of carbonyl (C=O) groups is 1. The van der Waals surface area contributed by atoms with Gasteiger partial charge in [0.05, 0.1) is 30.2 Å². The molecule has 3 rings (SSSR count). The summed E-state index contributed by atoms with van der Waals surface area (Å²) in [6, 6.07) is 6.12. The summed E-state index contributed by atoms with van der Waals surface area (Å²) in [7, 11) is 1.29. The van der Waals surface area contributed by atoms with E-state index in [-0.39, 0.29) is 23.0 Å². The number of piperidine rings is 1. The molecule has 0 unspecified atom stereocenters. The number of nitriles is 1. The Morgan fingerprint density at radius 1 is 1.34 bits per heavy atom. The van der Waals surface area contributed by atoms with E-state index in [1.54, 1.807) is 10.8 Å². The van der Waals surface area contributed by atoms with Crippen molar-refractivity contribution in [3.05, 3.63) is 40.7 Å². The molecule has 0 radical (unpaired) electrons. The van der Waals surface area contributed by atoms with Gasteiger partial charge in [0, 0.05) is 6.20 Å². The zero-order valence-corrected chi connectivity index (χ0v) is 17.4. The first-order valence-electron chi connectivity index (χ1n) is 9.88. The van der Waals surface area contributed by atoms with Gasteiger partial charge in [-0.15, -0.1) is 0 Å². The molecule has 0 atom stereocenters. The maximum Gasteiger partial charge on any atom is 0.357 e. The molecule has 2 heterocycles. The molecule has 154 valence electrons. The predicted octanol–water partition coefficient (Wildman–Crippen LogP) is 3.28. The van der Waals surface area contributed by atoms with Crippen LogP contribution in [0.5, 0.6) is 5.75 Å². The molecule has 3 N–H and O–H groups in total. The lowest BCUT2D eigenvalue weighted by molar-refractivity contribution is 0.0593. The molecule has 7 heteroatoms. The fraction of sp³-hybridized carbons (Fsp3) is 0.455. The molecule has 1 aliphatic rings. The van der Waals surface area contributed by atoms with Crippen LogP contribution < -0.4 is 15.8 Å². The van der Waals surface area contributed by atoms with Gasteiger partial charge < -0.3 is 25.1 Å². The van der Waals surface area contributed by atoms with Crippen molar-refractivity contribution >= 4 is 11.7 Å². The van der Waals surface area contributed by atoms with Crippen LogP contribution in [-0.4, -0.2) is 36.8 Å². The molecule has 7 nitrogen and oxygen atoms in total. The third-order valence-electron chi connectivity index (χ3n) is 5.29. The largest absolute Gasteiger partial charge is 0.489 e. The van der Waals surface area contributed by atoms with E-state index >= 15 is 0 Å². The maximum atomic E-state index is 12.4. The molecule has 1 aliphatic heterocycles. The van der Waals surface area contributed by atoms with Crippen molar-refractivity contribution in [3.8, 4) is 17.5 Å². The second kappa shape index (κ2) is 8.58. The monoisotopic (exact) mass is 396 g/mol. The lowest BCUT2D eigenvalue weighted by Gasteiger charge is -2.26. The average Bonchev–Trinajstić information content (AvgIpc) is 3.04. The van der Waals surface area contributed by atoms with Crippen LogP contribution in [0.4, 0.5) is 5.69 Å². The van der Waals surface area contributed by atoms with Gasteiger partial charge >= 0.3 is 5.97 Å². The smallest absolute Gasteiger partial charge is 0.357 e. The van der Waals surface area contributed by atoms with Gasteiger partial charge in [-0.1, -0.05) is 0 Å². The Hall–Kier alpha value is -2.98. The van der Waals surface area contributed by atoms with Crippen molar-refractivity contribution in [1.82, 2.24) is 9.88 Å². The van der Waals surface area contributed by atoms with Gasteiger partial charge in [0.25, 0.3) is 0 Å². The van der Waals surface area contributed by atoms with Crippen LogP contribution in [0.3, 0.4) is 0 Å². The number of methoxy groups -OCH3 is 1. The summed E-state index contributed by atoms with van der Waals surface area (Å²) in [5, 5.41) is 12.8. The quantitative estimate of drug-likeness (QED) is 0.752. The Kier molecular flexibility index (Phi) is 6.14. The van der Waals surface area contributed by atoms with Crippen LogP contribution in [0.1, 0.15) is 59.8 Å². The van der Waals surface area contributed by atoms with E-state index in [9.17, 15) is 10.1 Å². The Morgan fingerprint density at radius 3 is 2.62 bits per heavy atom. The summed E-state index contributed by atoms with van der Waals surface area (Å²) in [5.74, 6) is 0.521. The van der Waals surface area contributed by atoms with Crippen LogP contribution in [0, 0.1) is 18.3 Å². The molecule has 1 fully saturated rings. The lowest BCUT2D eigenvalue weighted by atomic mass is 9.87. The summed E-state index contributed by atoms with van der Waals surface area (Å²) in [4.78, 5) is 12.4. The fourth-order valence-electron chi connectivity index (χ4n) is 3.90. The molecule has 0 aliphatic carbocycles. The number of ether oxygens (including phenoxy) is 2. The highest BCUT2D eigenvalue weighted by atomic mass is 16.5. The van der Waals surface area contributed by atoms with E-state index < -0.39 is 5.97 Å². The minimum Gasteiger partial charge on any atom is -0.489 e. The molecular weight excluding hydrogens is 368 g/mol. The number of hydrogen-bond acceptors (Lipinski definition) is 6. The van der Waals surface area contributed by atoms with Crippen LogP contribution >= 0.6 is 0 Å². The molecular formula is C22H28N4O3. The highest BCUT2D eigenvalue weighted by Crippen LogP contribution is 2.37. The Morgan fingerprint density at radius 2 is 2.03 bits per heavy atom. The van der Waals surface area contributed by atoms with Crippen LogP contribution in [0.2, 0.25) is 0 Å². The molecule has 0 amide bonds. The van der Waals surface area contributed by atoms with Crippen LogP contribution in [-0.2, 0) is 4.74 Å². The van der Waals surface area contributed by atoms with E-state index in [1.807, 2.05) is 26.0 Å². The molecule has 29 heavy (non-hydrogen) atoms. The minimum atomic E-state index is -0.598. The number of nitrogens with two attached hydrogens (primary N) is 1. The van der Waals surface area contributed by atoms with Gasteiger partial charge in [0.15, 0.2) is 5.69 Å². The second-order valence-electron chi connectivity index (χ2n) is 7.65. The van der Waals surface area contributed by atoms with E-state index in [0.717, 1.165) is 31.5 Å². The second-order valence-corrected chi connectivity index (χ2v) is 7.65. The Labute approximate surface area is 171 Å². The number of rotatable bonds is 5. The summed E-state index contributed by atoms with van der Waals surface area (Å²) < 4.78 is 12.6. The predicted molar refractivity (Wildman–Crippen MR) is 112 cm³/mol.